The lowest BCUT2D eigenvalue weighted by Gasteiger charge is -2.33. The Morgan fingerprint density at radius 2 is 1.58 bits per heavy atom. The fourth-order valence-electron chi connectivity index (χ4n) is 2.55. The highest BCUT2D eigenvalue weighted by Gasteiger charge is 2.26. The highest BCUT2D eigenvalue weighted by Crippen LogP contribution is 2.23. The molecule has 0 saturated carbocycles. The van der Waals surface area contributed by atoms with E-state index in [2.05, 4.69) is 13.8 Å². The number of carbonyl (C=O) groups is 2. The predicted molar refractivity (Wildman–Crippen MR) is 99.7 cm³/mol. The van der Waals surface area contributed by atoms with Gasteiger partial charge in [-0.05, 0) is 46.6 Å². The average molecular weight is 376 g/mol. The molecule has 0 fully saturated rings. The maximum Gasteiger partial charge on any atom is 0.313 e. The fourth-order valence-corrected chi connectivity index (χ4v) is 2.55. The Balaban J connectivity index is 4.31. The monoisotopic (exact) mass is 375 g/mol. The van der Waals surface area contributed by atoms with Crippen LogP contribution in [0, 0.1) is 5.41 Å². The largest absolute Gasteiger partial charge is 0.460 e. The number of methoxy groups -OCH3 is 2. The number of nitrogens with zero attached hydrogens (tertiary/aromatic N) is 1. The molecule has 0 amide bonds. The van der Waals surface area contributed by atoms with E-state index in [0.29, 0.717) is 6.61 Å². The highest BCUT2D eigenvalue weighted by molar-refractivity contribution is 5.97. The number of hydrogen-bond acceptors (Lipinski definition) is 7. The minimum absolute atomic E-state index is 0.0575. The average Bonchev–Trinajstić information content (AvgIpc) is 2.45. The number of ether oxygens (including phenoxy) is 4. The van der Waals surface area contributed by atoms with Crippen LogP contribution in [0.2, 0.25) is 0 Å². The van der Waals surface area contributed by atoms with E-state index in [4.69, 9.17) is 18.9 Å². The molecule has 7 heteroatoms. The van der Waals surface area contributed by atoms with Crippen molar-refractivity contribution in [2.45, 2.75) is 72.5 Å². The standard InChI is InChI=1S/C19H37NO6/c1-14(15(21)12-16(22)26-18(2,3)4)25-11-10-19(5,6)13-20(7)17(23-8)24-9/h14,17H,10-13H2,1-9H3/t14-/m0/s1. The van der Waals surface area contributed by atoms with Gasteiger partial charge in [0.15, 0.2) is 5.78 Å². The molecule has 154 valence electrons. The molecule has 7 nitrogen and oxygen atoms in total. The molecule has 0 aromatic carbocycles. The molecular weight excluding hydrogens is 338 g/mol. The van der Waals surface area contributed by atoms with Crippen molar-refractivity contribution in [2.24, 2.45) is 5.41 Å². The minimum Gasteiger partial charge on any atom is -0.460 e. The van der Waals surface area contributed by atoms with E-state index in [1.54, 1.807) is 41.9 Å². The summed E-state index contributed by atoms with van der Waals surface area (Å²) in [6.07, 6.45) is -0.554. The van der Waals surface area contributed by atoms with Crippen LogP contribution in [-0.4, -0.2) is 69.2 Å². The second-order valence-electron chi connectivity index (χ2n) is 8.35. The summed E-state index contributed by atoms with van der Waals surface area (Å²) in [5.41, 5.74) is -0.655. The van der Waals surface area contributed by atoms with Crippen LogP contribution in [0.3, 0.4) is 0 Å². The van der Waals surface area contributed by atoms with E-state index in [-0.39, 0.29) is 17.6 Å². The van der Waals surface area contributed by atoms with Gasteiger partial charge in [0, 0.05) is 27.4 Å². The molecule has 0 unspecified atom stereocenters. The number of ketones is 1. The van der Waals surface area contributed by atoms with Crippen LogP contribution in [0.5, 0.6) is 0 Å². The lowest BCUT2D eigenvalue weighted by molar-refractivity contribution is -0.194. The van der Waals surface area contributed by atoms with Crippen LogP contribution in [0.15, 0.2) is 0 Å². The normalized spacial score (nSPS) is 14.0. The van der Waals surface area contributed by atoms with Gasteiger partial charge < -0.3 is 18.9 Å². The molecule has 0 N–H and O–H groups in total. The summed E-state index contributed by atoms with van der Waals surface area (Å²) >= 11 is 0. The Kier molecular flexibility index (Phi) is 10.5. The summed E-state index contributed by atoms with van der Waals surface area (Å²) in [6.45, 7) is 12.4. The van der Waals surface area contributed by atoms with Crippen molar-refractivity contribution in [3.8, 4) is 0 Å². The zero-order chi connectivity index (χ0) is 20.5. The third-order valence-corrected chi connectivity index (χ3v) is 3.78. The van der Waals surface area contributed by atoms with Gasteiger partial charge in [0.25, 0.3) is 0 Å². The maximum absolute atomic E-state index is 12.1. The molecule has 0 aromatic rings. The molecule has 0 aromatic heterocycles. The topological polar surface area (TPSA) is 74.3 Å². The third-order valence-electron chi connectivity index (χ3n) is 3.78. The van der Waals surface area contributed by atoms with E-state index in [1.165, 1.54) is 0 Å². The summed E-state index contributed by atoms with van der Waals surface area (Å²) < 4.78 is 21.3. The molecule has 0 spiro atoms. The van der Waals surface area contributed by atoms with Crippen LogP contribution in [0.4, 0.5) is 0 Å². The van der Waals surface area contributed by atoms with Crippen molar-refractivity contribution >= 4 is 11.8 Å². The Morgan fingerprint density at radius 1 is 1.04 bits per heavy atom. The summed E-state index contributed by atoms with van der Waals surface area (Å²) in [5.74, 6) is -0.793. The second kappa shape index (κ2) is 11.0. The summed E-state index contributed by atoms with van der Waals surface area (Å²) in [4.78, 5) is 25.8. The van der Waals surface area contributed by atoms with Crippen LogP contribution < -0.4 is 0 Å². The van der Waals surface area contributed by atoms with E-state index in [0.717, 1.165) is 13.0 Å². The third kappa shape index (κ3) is 10.9. The number of hydrogen-bond donors (Lipinski definition) is 0. The molecule has 1 atom stereocenters. The van der Waals surface area contributed by atoms with Crippen LogP contribution >= 0.6 is 0 Å². The van der Waals surface area contributed by atoms with E-state index in [1.807, 2.05) is 11.9 Å². The van der Waals surface area contributed by atoms with Gasteiger partial charge in [-0.15, -0.1) is 0 Å². The first-order chi connectivity index (χ1) is 11.8. The lowest BCUT2D eigenvalue weighted by Crippen LogP contribution is -2.41. The predicted octanol–water partition coefficient (Wildman–Crippen LogP) is 2.62. The summed E-state index contributed by atoms with van der Waals surface area (Å²) in [6, 6.07) is 0. The first kappa shape index (κ1) is 25.0. The van der Waals surface area contributed by atoms with Crippen molar-refractivity contribution < 1.29 is 28.5 Å². The number of Topliss-reactive ketones (excluding diaryl/α,β-unsaturated/α-hetero) is 1. The van der Waals surface area contributed by atoms with Crippen molar-refractivity contribution in [3.05, 3.63) is 0 Å². The smallest absolute Gasteiger partial charge is 0.313 e. The van der Waals surface area contributed by atoms with E-state index in [9.17, 15) is 9.59 Å². The zero-order valence-electron chi connectivity index (χ0n) is 17.9. The van der Waals surface area contributed by atoms with E-state index >= 15 is 0 Å². The molecule has 26 heavy (non-hydrogen) atoms. The summed E-state index contributed by atoms with van der Waals surface area (Å²) in [7, 11) is 5.12. The molecule has 0 aliphatic heterocycles. The molecule has 0 aliphatic rings. The van der Waals surface area contributed by atoms with E-state index < -0.39 is 24.1 Å². The molecule has 0 rings (SSSR count). The van der Waals surface area contributed by atoms with Crippen LogP contribution in [0.1, 0.15) is 54.4 Å². The van der Waals surface area contributed by atoms with Crippen molar-refractivity contribution in [3.63, 3.8) is 0 Å². The molecule has 0 aliphatic carbocycles. The maximum atomic E-state index is 12.1. The molecule has 0 heterocycles. The zero-order valence-corrected chi connectivity index (χ0v) is 17.9. The van der Waals surface area contributed by atoms with Gasteiger partial charge >= 0.3 is 5.97 Å². The highest BCUT2D eigenvalue weighted by atomic mass is 16.7. The van der Waals surface area contributed by atoms with Crippen LogP contribution in [0.25, 0.3) is 0 Å². The Morgan fingerprint density at radius 3 is 2.04 bits per heavy atom. The Labute approximate surface area is 158 Å². The first-order valence-corrected chi connectivity index (χ1v) is 8.93. The number of carbonyl (C=O) groups excluding carboxylic acids is 2. The van der Waals surface area contributed by atoms with Crippen molar-refractivity contribution in [2.75, 3.05) is 34.4 Å². The summed E-state index contributed by atoms with van der Waals surface area (Å²) in [5, 5.41) is 0. The van der Waals surface area contributed by atoms with Gasteiger partial charge in [0.2, 0.25) is 6.41 Å². The molecule has 0 bridgehead atoms. The van der Waals surface area contributed by atoms with Crippen molar-refractivity contribution in [1.29, 1.82) is 0 Å². The van der Waals surface area contributed by atoms with Gasteiger partial charge in [-0.2, -0.15) is 0 Å². The van der Waals surface area contributed by atoms with Gasteiger partial charge in [-0.1, -0.05) is 13.8 Å². The lowest BCUT2D eigenvalue weighted by atomic mass is 9.89. The minimum atomic E-state index is -0.637. The fraction of sp³-hybridized carbons (Fsp3) is 0.895. The molecule has 0 saturated heterocycles. The Hall–Kier alpha value is -1.02. The quantitative estimate of drug-likeness (QED) is 0.295. The van der Waals surface area contributed by atoms with Crippen molar-refractivity contribution in [1.82, 2.24) is 4.90 Å². The Bertz CT molecular complexity index is 440. The number of rotatable bonds is 12. The molecule has 0 radical (unpaired) electrons. The SMILES string of the molecule is COC(OC)N(C)CC(C)(C)CCO[C@@H](C)C(=O)CC(=O)OC(C)(C)C. The molecular formula is C19H37NO6. The number of esters is 1. The van der Waals surface area contributed by atoms with Gasteiger partial charge in [-0.25, -0.2) is 0 Å². The first-order valence-electron chi connectivity index (χ1n) is 8.93. The van der Waals surface area contributed by atoms with Gasteiger partial charge in [0.05, 0.1) is 0 Å². The second-order valence-corrected chi connectivity index (χ2v) is 8.35. The van der Waals surface area contributed by atoms with Crippen LogP contribution in [-0.2, 0) is 28.5 Å². The van der Waals surface area contributed by atoms with Gasteiger partial charge in [0.1, 0.15) is 18.1 Å². The van der Waals surface area contributed by atoms with Gasteiger partial charge in [-0.3, -0.25) is 14.5 Å².